The third-order valence-corrected chi connectivity index (χ3v) is 3.11. The van der Waals surface area contributed by atoms with E-state index in [0.29, 0.717) is 12.2 Å². The lowest BCUT2D eigenvalue weighted by atomic mass is 10.0. The van der Waals surface area contributed by atoms with Crippen LogP contribution < -0.4 is 9.64 Å². The zero-order chi connectivity index (χ0) is 13.7. The molecule has 0 fully saturated rings. The van der Waals surface area contributed by atoms with E-state index in [1.54, 1.807) is 14.0 Å². The first-order valence-corrected chi connectivity index (χ1v) is 5.97. The van der Waals surface area contributed by atoms with Crippen LogP contribution in [0.15, 0.2) is 18.2 Å². The minimum Gasteiger partial charge on any atom is -0.496 e. The second-order valence-corrected chi connectivity index (χ2v) is 4.39. The molecular formula is C14H20N2O2. The van der Waals surface area contributed by atoms with Gasteiger partial charge in [0.05, 0.1) is 25.7 Å². The van der Waals surface area contributed by atoms with E-state index in [9.17, 15) is 5.11 Å². The molecule has 1 aromatic rings. The predicted molar refractivity (Wildman–Crippen MR) is 71.7 cm³/mol. The molecule has 0 saturated carbocycles. The van der Waals surface area contributed by atoms with Gasteiger partial charge in [-0.05, 0) is 26.0 Å². The van der Waals surface area contributed by atoms with Crippen LogP contribution in [0.2, 0.25) is 0 Å². The quantitative estimate of drug-likeness (QED) is 0.869. The van der Waals surface area contributed by atoms with Crippen molar-refractivity contribution in [1.82, 2.24) is 0 Å². The average molecular weight is 248 g/mol. The zero-order valence-corrected chi connectivity index (χ0v) is 11.3. The molecule has 0 aliphatic rings. The highest BCUT2D eigenvalue weighted by atomic mass is 16.5. The van der Waals surface area contributed by atoms with E-state index in [4.69, 9.17) is 10.00 Å². The van der Waals surface area contributed by atoms with E-state index >= 15 is 0 Å². The number of ether oxygens (including phenoxy) is 1. The third kappa shape index (κ3) is 2.93. The van der Waals surface area contributed by atoms with Crippen LogP contribution in [0.25, 0.3) is 0 Å². The van der Waals surface area contributed by atoms with E-state index in [2.05, 4.69) is 6.07 Å². The molecule has 0 heterocycles. The molecule has 18 heavy (non-hydrogen) atoms. The Bertz CT molecular complexity index is 438. The molecule has 0 spiro atoms. The van der Waals surface area contributed by atoms with Crippen molar-refractivity contribution in [3.63, 3.8) is 0 Å². The van der Waals surface area contributed by atoms with Crippen molar-refractivity contribution in [2.75, 3.05) is 19.1 Å². The Kier molecular flexibility index (Phi) is 4.99. The van der Waals surface area contributed by atoms with Gasteiger partial charge in [0.15, 0.2) is 0 Å². The number of nitrogens with zero attached hydrogens (tertiary/aromatic N) is 2. The number of nitriles is 1. The molecule has 0 aromatic heterocycles. The number of anilines is 1. The fourth-order valence-corrected chi connectivity index (χ4v) is 1.94. The molecule has 4 heteroatoms. The molecule has 4 nitrogen and oxygen atoms in total. The first-order chi connectivity index (χ1) is 8.52. The van der Waals surface area contributed by atoms with Gasteiger partial charge in [0.1, 0.15) is 5.75 Å². The molecule has 0 amide bonds. The van der Waals surface area contributed by atoms with Gasteiger partial charge in [0.25, 0.3) is 0 Å². The van der Waals surface area contributed by atoms with Crippen molar-refractivity contribution in [1.29, 1.82) is 5.26 Å². The second kappa shape index (κ2) is 6.27. The van der Waals surface area contributed by atoms with E-state index in [1.165, 1.54) is 0 Å². The smallest absolute Gasteiger partial charge is 0.126 e. The number of methoxy groups -OCH3 is 1. The normalized spacial score (nSPS) is 13.6. The summed E-state index contributed by atoms with van der Waals surface area (Å²) in [5.41, 5.74) is 1.65. The van der Waals surface area contributed by atoms with Gasteiger partial charge in [-0.1, -0.05) is 6.07 Å². The van der Waals surface area contributed by atoms with Gasteiger partial charge >= 0.3 is 0 Å². The topological polar surface area (TPSA) is 56.5 Å². The minimum absolute atomic E-state index is 0.0830. The van der Waals surface area contributed by atoms with Crippen LogP contribution in [-0.2, 0) is 0 Å². The lowest BCUT2D eigenvalue weighted by Gasteiger charge is -2.29. The second-order valence-electron chi connectivity index (χ2n) is 4.39. The molecule has 1 N–H and O–H groups in total. The van der Waals surface area contributed by atoms with E-state index < -0.39 is 6.10 Å². The lowest BCUT2D eigenvalue weighted by molar-refractivity contribution is 0.194. The number of benzene rings is 1. The van der Waals surface area contributed by atoms with Crippen LogP contribution in [-0.4, -0.2) is 25.3 Å². The number of hydrogen-bond donors (Lipinski definition) is 1. The Hall–Kier alpha value is -1.73. The molecule has 98 valence electrons. The Balaban J connectivity index is 3.19. The third-order valence-electron chi connectivity index (χ3n) is 3.11. The summed E-state index contributed by atoms with van der Waals surface area (Å²) >= 11 is 0. The van der Waals surface area contributed by atoms with Crippen molar-refractivity contribution in [2.45, 2.75) is 32.4 Å². The summed E-state index contributed by atoms with van der Waals surface area (Å²) in [6.45, 7) is 3.69. The summed E-state index contributed by atoms with van der Waals surface area (Å²) in [5, 5.41) is 18.7. The summed E-state index contributed by atoms with van der Waals surface area (Å²) in [6, 6.07) is 7.88. The Morgan fingerprint density at radius 3 is 2.61 bits per heavy atom. The van der Waals surface area contributed by atoms with Crippen molar-refractivity contribution < 1.29 is 9.84 Å². The van der Waals surface area contributed by atoms with Crippen molar-refractivity contribution in [3.8, 4) is 11.8 Å². The van der Waals surface area contributed by atoms with Gasteiger partial charge in [-0.2, -0.15) is 5.26 Å². The minimum atomic E-state index is -0.618. The summed E-state index contributed by atoms with van der Waals surface area (Å²) in [6.07, 6.45) is -0.180. The number of hydrogen-bond acceptors (Lipinski definition) is 4. The molecule has 1 unspecified atom stereocenters. The van der Waals surface area contributed by atoms with E-state index in [1.807, 2.05) is 37.1 Å². The molecule has 0 aliphatic heterocycles. The molecule has 0 saturated heterocycles. The maximum Gasteiger partial charge on any atom is 0.126 e. The summed E-state index contributed by atoms with van der Waals surface area (Å²) in [7, 11) is 3.51. The zero-order valence-electron chi connectivity index (χ0n) is 11.3. The monoisotopic (exact) mass is 248 g/mol. The molecule has 1 rings (SSSR count). The SMILES string of the molecule is COc1cccc(N(C)C(C)CC#N)c1[C@H](C)O. The number of rotatable bonds is 5. The average Bonchev–Trinajstić information content (AvgIpc) is 2.36. The van der Waals surface area contributed by atoms with Crippen LogP contribution in [0.3, 0.4) is 0 Å². The van der Waals surface area contributed by atoms with Gasteiger partial charge in [-0.3, -0.25) is 0 Å². The van der Waals surface area contributed by atoms with Gasteiger partial charge < -0.3 is 14.7 Å². The fourth-order valence-electron chi connectivity index (χ4n) is 1.94. The van der Waals surface area contributed by atoms with Crippen LogP contribution in [0.4, 0.5) is 5.69 Å². The molecule has 0 aliphatic carbocycles. The maximum atomic E-state index is 9.91. The maximum absolute atomic E-state index is 9.91. The standard InChI is InChI=1S/C14H20N2O2/c1-10(8-9-15)16(3)12-6-5-7-13(18-4)14(12)11(2)17/h5-7,10-11,17H,8H2,1-4H3/t10?,11-/m0/s1. The highest BCUT2D eigenvalue weighted by molar-refractivity contribution is 5.60. The van der Waals surface area contributed by atoms with Crippen LogP contribution >= 0.6 is 0 Å². The van der Waals surface area contributed by atoms with E-state index in [-0.39, 0.29) is 6.04 Å². The fraction of sp³-hybridized carbons (Fsp3) is 0.500. The van der Waals surface area contributed by atoms with Gasteiger partial charge in [-0.25, -0.2) is 0 Å². The Labute approximate surface area is 108 Å². The Morgan fingerprint density at radius 2 is 2.11 bits per heavy atom. The summed E-state index contributed by atoms with van der Waals surface area (Å²) < 4.78 is 5.29. The highest BCUT2D eigenvalue weighted by Crippen LogP contribution is 2.34. The van der Waals surface area contributed by atoms with Gasteiger partial charge in [0, 0.05) is 24.3 Å². The number of aliphatic hydroxyl groups excluding tert-OH is 1. The Morgan fingerprint density at radius 1 is 1.44 bits per heavy atom. The van der Waals surface area contributed by atoms with Crippen LogP contribution in [0.5, 0.6) is 5.75 Å². The summed E-state index contributed by atoms with van der Waals surface area (Å²) in [5.74, 6) is 0.665. The number of aliphatic hydroxyl groups is 1. The van der Waals surface area contributed by atoms with Gasteiger partial charge in [-0.15, -0.1) is 0 Å². The first-order valence-electron chi connectivity index (χ1n) is 5.97. The van der Waals surface area contributed by atoms with E-state index in [0.717, 1.165) is 11.3 Å². The molecule has 2 atom stereocenters. The highest BCUT2D eigenvalue weighted by Gasteiger charge is 2.19. The van der Waals surface area contributed by atoms with Crippen LogP contribution in [0, 0.1) is 11.3 Å². The lowest BCUT2D eigenvalue weighted by Crippen LogP contribution is -2.29. The molecule has 0 bridgehead atoms. The largest absolute Gasteiger partial charge is 0.496 e. The van der Waals surface area contributed by atoms with Crippen molar-refractivity contribution >= 4 is 5.69 Å². The van der Waals surface area contributed by atoms with Crippen LogP contribution in [0.1, 0.15) is 31.9 Å². The predicted octanol–water partition coefficient (Wildman–Crippen LogP) is 2.49. The van der Waals surface area contributed by atoms with Crippen molar-refractivity contribution in [2.24, 2.45) is 0 Å². The first kappa shape index (κ1) is 14.3. The molecule has 0 radical (unpaired) electrons. The summed E-state index contributed by atoms with van der Waals surface area (Å²) in [4.78, 5) is 1.99. The molecular weight excluding hydrogens is 228 g/mol. The van der Waals surface area contributed by atoms with Crippen molar-refractivity contribution in [3.05, 3.63) is 23.8 Å². The molecule has 1 aromatic carbocycles. The van der Waals surface area contributed by atoms with Gasteiger partial charge in [0.2, 0.25) is 0 Å².